The van der Waals surface area contributed by atoms with Crippen LogP contribution in [0.4, 0.5) is 10.1 Å². The van der Waals surface area contributed by atoms with Gasteiger partial charge >= 0.3 is 0 Å². The molecular weight excluding hydrogens is 331 g/mol. The molecule has 1 N–H and O–H groups in total. The maximum absolute atomic E-state index is 13.7. The molecule has 7 heteroatoms. The number of anilines is 1. The highest BCUT2D eigenvalue weighted by Crippen LogP contribution is 2.13. The highest BCUT2D eigenvalue weighted by molar-refractivity contribution is 7.88. The Bertz CT molecular complexity index is 820. The van der Waals surface area contributed by atoms with E-state index in [4.69, 9.17) is 0 Å². The van der Waals surface area contributed by atoms with E-state index >= 15 is 0 Å². The molecule has 0 aliphatic rings. The maximum atomic E-state index is 13.7. The topological polar surface area (TPSA) is 66.5 Å². The van der Waals surface area contributed by atoms with Crippen molar-refractivity contribution in [2.45, 2.75) is 13.5 Å². The molecular formula is C17H19FN2O3S. The first kappa shape index (κ1) is 18.1. The second-order valence-corrected chi connectivity index (χ2v) is 7.52. The lowest BCUT2D eigenvalue weighted by atomic mass is 10.2. The number of hydrogen-bond donors (Lipinski definition) is 1. The van der Waals surface area contributed by atoms with Crippen molar-refractivity contribution in [2.75, 3.05) is 18.1 Å². The number of sulfonamides is 1. The molecule has 128 valence electrons. The number of amides is 1. The molecule has 0 radical (unpaired) electrons. The van der Waals surface area contributed by atoms with E-state index in [2.05, 4.69) is 5.32 Å². The van der Waals surface area contributed by atoms with Crippen LogP contribution in [0.5, 0.6) is 0 Å². The number of carbonyl (C=O) groups excluding carboxylic acids is 1. The molecule has 0 unspecified atom stereocenters. The predicted octanol–water partition coefficient (Wildman–Crippen LogP) is 2.53. The van der Waals surface area contributed by atoms with Crippen molar-refractivity contribution >= 4 is 21.6 Å². The molecule has 0 aliphatic carbocycles. The number of carbonyl (C=O) groups is 1. The fraction of sp³-hybridized carbons (Fsp3) is 0.235. The van der Waals surface area contributed by atoms with Crippen LogP contribution < -0.4 is 5.32 Å². The Balaban J connectivity index is 2.10. The first-order valence-corrected chi connectivity index (χ1v) is 9.15. The van der Waals surface area contributed by atoms with Gasteiger partial charge in [0.2, 0.25) is 15.9 Å². The van der Waals surface area contributed by atoms with Crippen molar-refractivity contribution in [1.82, 2.24) is 4.31 Å². The minimum absolute atomic E-state index is 0.202. The Morgan fingerprint density at radius 1 is 1.12 bits per heavy atom. The number of nitrogens with zero attached hydrogens (tertiary/aromatic N) is 1. The van der Waals surface area contributed by atoms with Crippen molar-refractivity contribution in [2.24, 2.45) is 0 Å². The Morgan fingerprint density at radius 3 is 2.33 bits per heavy atom. The summed E-state index contributed by atoms with van der Waals surface area (Å²) in [7, 11) is -3.67. The van der Waals surface area contributed by atoms with E-state index in [1.165, 1.54) is 18.2 Å². The van der Waals surface area contributed by atoms with Crippen molar-refractivity contribution in [3.05, 3.63) is 65.5 Å². The van der Waals surface area contributed by atoms with Crippen LogP contribution in [0.15, 0.2) is 48.5 Å². The van der Waals surface area contributed by atoms with Gasteiger partial charge in [-0.3, -0.25) is 4.79 Å². The third kappa shape index (κ3) is 5.14. The Labute approximate surface area is 141 Å². The molecule has 0 saturated carbocycles. The Morgan fingerprint density at radius 2 is 1.75 bits per heavy atom. The van der Waals surface area contributed by atoms with E-state index < -0.39 is 21.7 Å². The summed E-state index contributed by atoms with van der Waals surface area (Å²) in [4.78, 5) is 12.1. The summed E-state index contributed by atoms with van der Waals surface area (Å²) in [6, 6.07) is 13.0. The number of rotatable bonds is 6. The van der Waals surface area contributed by atoms with Gasteiger partial charge in [0.15, 0.2) is 0 Å². The molecule has 0 fully saturated rings. The van der Waals surface area contributed by atoms with E-state index in [0.29, 0.717) is 5.69 Å². The molecule has 0 bridgehead atoms. The molecule has 2 rings (SSSR count). The van der Waals surface area contributed by atoms with E-state index in [-0.39, 0.29) is 18.7 Å². The van der Waals surface area contributed by atoms with E-state index in [1.807, 2.05) is 19.1 Å². The summed E-state index contributed by atoms with van der Waals surface area (Å²) >= 11 is 0. The number of halogens is 1. The molecule has 0 aromatic heterocycles. The number of aryl methyl sites for hydroxylation is 1. The molecule has 0 spiro atoms. The second kappa shape index (κ2) is 7.55. The van der Waals surface area contributed by atoms with Crippen LogP contribution in [0.25, 0.3) is 0 Å². The quantitative estimate of drug-likeness (QED) is 0.871. The van der Waals surface area contributed by atoms with Gasteiger partial charge in [-0.2, -0.15) is 4.31 Å². The highest BCUT2D eigenvalue weighted by Gasteiger charge is 2.21. The molecule has 24 heavy (non-hydrogen) atoms. The zero-order valence-electron chi connectivity index (χ0n) is 13.5. The largest absolute Gasteiger partial charge is 0.325 e. The molecule has 5 nitrogen and oxygen atoms in total. The second-order valence-electron chi connectivity index (χ2n) is 5.54. The van der Waals surface area contributed by atoms with Gasteiger partial charge < -0.3 is 5.32 Å². The zero-order chi connectivity index (χ0) is 17.7. The first-order valence-electron chi connectivity index (χ1n) is 7.31. The first-order chi connectivity index (χ1) is 11.3. The average molecular weight is 350 g/mol. The molecule has 0 aliphatic heterocycles. The van der Waals surface area contributed by atoms with Gasteiger partial charge in [0.1, 0.15) is 5.82 Å². The van der Waals surface area contributed by atoms with Gasteiger partial charge in [-0.05, 0) is 25.1 Å². The molecule has 1 amide bonds. The van der Waals surface area contributed by atoms with Crippen molar-refractivity contribution in [3.8, 4) is 0 Å². The standard InChI is InChI=1S/C17H19FN2O3S/c1-13-7-9-15(10-8-13)19-17(21)12-20(24(2,22)23)11-14-5-3-4-6-16(14)18/h3-10H,11-12H2,1-2H3,(H,19,21). The molecule has 0 saturated heterocycles. The summed E-state index contributed by atoms with van der Waals surface area (Å²) in [5, 5.41) is 2.63. The van der Waals surface area contributed by atoms with Crippen LogP contribution in [-0.2, 0) is 21.4 Å². The molecule has 0 atom stereocenters. The van der Waals surface area contributed by atoms with Gasteiger partial charge in [0.05, 0.1) is 12.8 Å². The average Bonchev–Trinajstić information content (AvgIpc) is 2.50. The number of hydrogen-bond acceptors (Lipinski definition) is 3. The molecule has 0 heterocycles. The van der Waals surface area contributed by atoms with Crippen molar-refractivity contribution in [1.29, 1.82) is 0 Å². The lowest BCUT2D eigenvalue weighted by Gasteiger charge is -2.20. The third-order valence-electron chi connectivity index (χ3n) is 3.43. The van der Waals surface area contributed by atoms with Crippen LogP contribution in [-0.4, -0.2) is 31.4 Å². The maximum Gasteiger partial charge on any atom is 0.239 e. The van der Waals surface area contributed by atoms with Crippen LogP contribution >= 0.6 is 0 Å². The van der Waals surface area contributed by atoms with Crippen molar-refractivity contribution < 1.29 is 17.6 Å². The predicted molar refractivity (Wildman–Crippen MR) is 91.5 cm³/mol. The molecule has 2 aromatic carbocycles. The van der Waals surface area contributed by atoms with Crippen LogP contribution in [0, 0.1) is 12.7 Å². The van der Waals surface area contributed by atoms with E-state index in [1.54, 1.807) is 18.2 Å². The number of nitrogens with one attached hydrogen (secondary N) is 1. The minimum Gasteiger partial charge on any atom is -0.325 e. The summed E-state index contributed by atoms with van der Waals surface area (Å²) in [6.45, 7) is 1.33. The summed E-state index contributed by atoms with van der Waals surface area (Å²) in [6.07, 6.45) is 0.993. The summed E-state index contributed by atoms with van der Waals surface area (Å²) in [5.74, 6) is -0.995. The Hall–Kier alpha value is -2.25. The van der Waals surface area contributed by atoms with Gasteiger partial charge in [0.25, 0.3) is 0 Å². The van der Waals surface area contributed by atoms with Gasteiger partial charge in [-0.25, -0.2) is 12.8 Å². The Kier molecular flexibility index (Phi) is 5.69. The lowest BCUT2D eigenvalue weighted by molar-refractivity contribution is -0.116. The molecule has 2 aromatic rings. The summed E-state index contributed by atoms with van der Waals surface area (Å²) < 4.78 is 38.5. The number of benzene rings is 2. The van der Waals surface area contributed by atoms with Crippen LogP contribution in [0.3, 0.4) is 0 Å². The smallest absolute Gasteiger partial charge is 0.239 e. The zero-order valence-corrected chi connectivity index (χ0v) is 14.3. The van der Waals surface area contributed by atoms with Crippen LogP contribution in [0.1, 0.15) is 11.1 Å². The van der Waals surface area contributed by atoms with Gasteiger partial charge in [0, 0.05) is 17.8 Å². The summed E-state index contributed by atoms with van der Waals surface area (Å²) in [5.41, 5.74) is 1.83. The van der Waals surface area contributed by atoms with Crippen molar-refractivity contribution in [3.63, 3.8) is 0 Å². The lowest BCUT2D eigenvalue weighted by Crippen LogP contribution is -2.37. The fourth-order valence-corrected chi connectivity index (χ4v) is 2.83. The highest BCUT2D eigenvalue weighted by atomic mass is 32.2. The normalized spacial score (nSPS) is 11.5. The van der Waals surface area contributed by atoms with Gasteiger partial charge in [-0.15, -0.1) is 0 Å². The fourth-order valence-electron chi connectivity index (χ4n) is 2.10. The van der Waals surface area contributed by atoms with Crippen LogP contribution in [0.2, 0.25) is 0 Å². The minimum atomic E-state index is -3.67. The SMILES string of the molecule is Cc1ccc(NC(=O)CN(Cc2ccccc2F)S(C)(=O)=O)cc1. The third-order valence-corrected chi connectivity index (χ3v) is 4.63. The van der Waals surface area contributed by atoms with Gasteiger partial charge in [-0.1, -0.05) is 35.9 Å². The monoisotopic (exact) mass is 350 g/mol. The van der Waals surface area contributed by atoms with E-state index in [9.17, 15) is 17.6 Å². The van der Waals surface area contributed by atoms with E-state index in [0.717, 1.165) is 16.1 Å².